The van der Waals surface area contributed by atoms with Gasteiger partial charge in [-0.05, 0) is 43.2 Å². The smallest absolute Gasteiger partial charge is 0.387 e. The summed E-state index contributed by atoms with van der Waals surface area (Å²) in [5.74, 6) is 1.63. The second kappa shape index (κ2) is 13.1. The highest BCUT2D eigenvalue weighted by atomic mass is 127. The minimum Gasteiger partial charge on any atom is -0.496 e. The summed E-state index contributed by atoms with van der Waals surface area (Å²) in [6, 6.07) is 10.8. The highest BCUT2D eigenvalue weighted by Gasteiger charge is 2.11. The average Bonchev–Trinajstić information content (AvgIpc) is 2.70. The molecule has 2 aromatic rings. The van der Waals surface area contributed by atoms with Gasteiger partial charge >= 0.3 is 6.61 Å². The van der Waals surface area contributed by atoms with Crippen LogP contribution in [0.25, 0.3) is 0 Å². The first-order chi connectivity index (χ1) is 14.0. The Kier molecular flexibility index (Phi) is 11.2. The summed E-state index contributed by atoms with van der Waals surface area (Å²) in [6.07, 6.45) is 0. The fourth-order valence-electron chi connectivity index (χ4n) is 2.70. The van der Waals surface area contributed by atoms with Gasteiger partial charge < -0.3 is 24.8 Å². The predicted molar refractivity (Wildman–Crippen MR) is 124 cm³/mol. The van der Waals surface area contributed by atoms with E-state index in [1.165, 1.54) is 13.2 Å². The average molecular weight is 535 g/mol. The van der Waals surface area contributed by atoms with Gasteiger partial charge in [-0.25, -0.2) is 4.99 Å². The van der Waals surface area contributed by atoms with E-state index < -0.39 is 6.61 Å². The first kappa shape index (κ1) is 25.7. The zero-order valence-corrected chi connectivity index (χ0v) is 19.8. The summed E-state index contributed by atoms with van der Waals surface area (Å²) in [6.45, 7) is 2.53. The summed E-state index contributed by atoms with van der Waals surface area (Å²) in [5.41, 5.74) is 2.83. The molecule has 0 saturated carbocycles. The molecule has 6 nitrogen and oxygen atoms in total. The molecule has 0 aliphatic carbocycles. The Labute approximate surface area is 193 Å². The zero-order valence-electron chi connectivity index (χ0n) is 17.5. The minimum atomic E-state index is -2.92. The van der Waals surface area contributed by atoms with Gasteiger partial charge in [-0.2, -0.15) is 8.78 Å². The van der Waals surface area contributed by atoms with Gasteiger partial charge in [0.25, 0.3) is 0 Å². The first-order valence-electron chi connectivity index (χ1n) is 9.24. The van der Waals surface area contributed by atoms with E-state index in [0.29, 0.717) is 24.6 Å². The van der Waals surface area contributed by atoms with E-state index >= 15 is 0 Å². The van der Waals surface area contributed by atoms with Crippen LogP contribution < -0.4 is 24.8 Å². The van der Waals surface area contributed by atoms with E-state index in [1.54, 1.807) is 19.2 Å². The number of hydrogen-bond donors (Lipinski definition) is 2. The number of alkyl halides is 2. The molecule has 166 valence electrons. The Morgan fingerprint density at radius 3 is 2.37 bits per heavy atom. The van der Waals surface area contributed by atoms with Gasteiger partial charge in [0.1, 0.15) is 5.75 Å². The molecule has 0 heterocycles. The summed E-state index contributed by atoms with van der Waals surface area (Å²) in [5, 5.41) is 6.42. The monoisotopic (exact) mass is 535 g/mol. The number of nitrogens with one attached hydrogen (secondary N) is 2. The summed E-state index contributed by atoms with van der Waals surface area (Å²) < 4.78 is 40.2. The van der Waals surface area contributed by atoms with Crippen LogP contribution >= 0.6 is 24.0 Å². The van der Waals surface area contributed by atoms with Crippen molar-refractivity contribution in [1.82, 2.24) is 10.6 Å². The molecular weight excluding hydrogens is 507 g/mol. The number of hydrogen-bond acceptors (Lipinski definition) is 4. The molecule has 0 aliphatic rings. The molecule has 0 bridgehead atoms. The fourth-order valence-corrected chi connectivity index (χ4v) is 2.70. The van der Waals surface area contributed by atoms with Crippen molar-refractivity contribution in [1.29, 1.82) is 0 Å². The van der Waals surface area contributed by atoms with Gasteiger partial charge in [0.2, 0.25) is 0 Å². The standard InChI is InChI=1S/C21H27F2N3O3.HI/c1-5-24-21(26-13-16-8-6-14(2)10-18(16)28-4)25-12-15-7-9-17(27-3)19(11-15)29-20(22)23;/h6-11,20H,5,12-13H2,1-4H3,(H2,24,25,26);1H. The Morgan fingerprint density at radius 1 is 1.00 bits per heavy atom. The van der Waals surface area contributed by atoms with Crippen molar-refractivity contribution in [2.45, 2.75) is 33.5 Å². The molecule has 2 rings (SSSR count). The predicted octanol–water partition coefficient (Wildman–Crippen LogP) is 4.49. The lowest BCUT2D eigenvalue weighted by Crippen LogP contribution is -2.36. The quantitative estimate of drug-likeness (QED) is 0.282. The van der Waals surface area contributed by atoms with E-state index in [9.17, 15) is 8.78 Å². The number of halogens is 3. The topological polar surface area (TPSA) is 64.1 Å². The number of aryl methyl sites for hydroxylation is 1. The number of rotatable bonds is 9. The molecule has 0 radical (unpaired) electrons. The van der Waals surface area contributed by atoms with Crippen molar-refractivity contribution in [3.05, 3.63) is 53.1 Å². The third-order valence-electron chi connectivity index (χ3n) is 4.10. The molecule has 2 N–H and O–H groups in total. The summed E-state index contributed by atoms with van der Waals surface area (Å²) in [4.78, 5) is 4.52. The minimum absolute atomic E-state index is 0. The zero-order chi connectivity index (χ0) is 21.2. The van der Waals surface area contributed by atoms with E-state index in [-0.39, 0.29) is 42.0 Å². The number of benzene rings is 2. The van der Waals surface area contributed by atoms with Crippen molar-refractivity contribution in [2.75, 3.05) is 20.8 Å². The molecule has 0 amide bonds. The lowest BCUT2D eigenvalue weighted by molar-refractivity contribution is -0.0512. The first-order valence-corrected chi connectivity index (χ1v) is 9.24. The molecule has 0 aromatic heterocycles. The SMILES string of the molecule is CCNC(=NCc1ccc(OC)c(OC(F)F)c1)NCc1ccc(C)cc1OC.I. The second-order valence-electron chi connectivity index (χ2n) is 6.23. The van der Waals surface area contributed by atoms with Crippen molar-refractivity contribution in [3.63, 3.8) is 0 Å². The van der Waals surface area contributed by atoms with Crippen molar-refractivity contribution in [3.8, 4) is 17.2 Å². The molecule has 30 heavy (non-hydrogen) atoms. The number of guanidine groups is 1. The molecule has 0 unspecified atom stereocenters. The van der Waals surface area contributed by atoms with E-state index in [1.807, 2.05) is 32.0 Å². The van der Waals surface area contributed by atoms with Gasteiger partial charge in [0, 0.05) is 18.7 Å². The molecule has 0 spiro atoms. The molecule has 0 aliphatic heterocycles. The maximum Gasteiger partial charge on any atom is 0.387 e. The fraction of sp³-hybridized carbons (Fsp3) is 0.381. The second-order valence-corrected chi connectivity index (χ2v) is 6.23. The van der Waals surface area contributed by atoms with E-state index in [0.717, 1.165) is 16.9 Å². The van der Waals surface area contributed by atoms with Gasteiger partial charge in [-0.1, -0.05) is 18.2 Å². The van der Waals surface area contributed by atoms with Crippen molar-refractivity contribution >= 4 is 29.9 Å². The van der Waals surface area contributed by atoms with Crippen LogP contribution in [0.4, 0.5) is 8.78 Å². The highest BCUT2D eigenvalue weighted by Crippen LogP contribution is 2.29. The Bertz CT molecular complexity index is 835. The van der Waals surface area contributed by atoms with Crippen LogP contribution in [0.15, 0.2) is 41.4 Å². The van der Waals surface area contributed by atoms with Crippen molar-refractivity contribution < 1.29 is 23.0 Å². The van der Waals surface area contributed by atoms with Crippen LogP contribution in [-0.2, 0) is 13.1 Å². The Hall–Kier alpha value is -2.30. The largest absolute Gasteiger partial charge is 0.496 e. The van der Waals surface area contributed by atoms with Crippen LogP contribution in [-0.4, -0.2) is 33.3 Å². The lowest BCUT2D eigenvalue weighted by Gasteiger charge is -2.14. The Morgan fingerprint density at radius 2 is 1.73 bits per heavy atom. The molecule has 9 heteroatoms. The molecule has 0 atom stereocenters. The van der Waals surface area contributed by atoms with Crippen LogP contribution in [0, 0.1) is 6.92 Å². The van der Waals surface area contributed by atoms with Gasteiger partial charge in [0.15, 0.2) is 17.5 Å². The van der Waals surface area contributed by atoms with E-state index in [2.05, 4.69) is 20.4 Å². The van der Waals surface area contributed by atoms with Crippen LogP contribution in [0.3, 0.4) is 0 Å². The third kappa shape index (κ3) is 7.85. The maximum atomic E-state index is 12.6. The summed E-state index contributed by atoms with van der Waals surface area (Å²) >= 11 is 0. The molecule has 2 aromatic carbocycles. The molecular formula is C21H28F2IN3O3. The van der Waals surface area contributed by atoms with Gasteiger partial charge in [-0.15, -0.1) is 24.0 Å². The van der Waals surface area contributed by atoms with Crippen molar-refractivity contribution in [2.24, 2.45) is 4.99 Å². The summed E-state index contributed by atoms with van der Waals surface area (Å²) in [7, 11) is 3.04. The maximum absolute atomic E-state index is 12.6. The number of nitrogens with zero attached hydrogens (tertiary/aromatic N) is 1. The number of aliphatic imine (C=N–C) groups is 1. The van der Waals surface area contributed by atoms with Crippen LogP contribution in [0.1, 0.15) is 23.6 Å². The van der Waals surface area contributed by atoms with Crippen LogP contribution in [0.5, 0.6) is 17.2 Å². The molecule has 0 saturated heterocycles. The van der Waals surface area contributed by atoms with Gasteiger partial charge in [-0.3, -0.25) is 0 Å². The molecule has 0 fully saturated rings. The van der Waals surface area contributed by atoms with Crippen LogP contribution in [0.2, 0.25) is 0 Å². The Balaban J connectivity index is 0.00000450. The van der Waals surface area contributed by atoms with Gasteiger partial charge in [0.05, 0.1) is 20.8 Å². The normalized spacial score (nSPS) is 11.0. The number of ether oxygens (including phenoxy) is 3. The highest BCUT2D eigenvalue weighted by molar-refractivity contribution is 14.0. The number of methoxy groups -OCH3 is 2. The third-order valence-corrected chi connectivity index (χ3v) is 4.10. The lowest BCUT2D eigenvalue weighted by atomic mass is 10.1. The van der Waals surface area contributed by atoms with E-state index in [4.69, 9.17) is 9.47 Å².